The summed E-state index contributed by atoms with van der Waals surface area (Å²) in [5.41, 5.74) is 2.56. The van der Waals surface area contributed by atoms with Crippen molar-refractivity contribution in [3.8, 4) is 5.75 Å². The molecule has 2 aromatic carbocycles. The van der Waals surface area contributed by atoms with Gasteiger partial charge in [-0.25, -0.2) is 4.79 Å². The maximum absolute atomic E-state index is 12.3. The highest BCUT2D eigenvalue weighted by Crippen LogP contribution is 2.17. The van der Waals surface area contributed by atoms with E-state index in [-0.39, 0.29) is 18.6 Å². The van der Waals surface area contributed by atoms with Gasteiger partial charge in [0.25, 0.3) is 5.91 Å². The first-order valence-corrected chi connectivity index (χ1v) is 9.83. The van der Waals surface area contributed by atoms with E-state index in [0.29, 0.717) is 24.5 Å². The smallest absolute Gasteiger partial charge is 0.338 e. The number of hydrogen-bond donors (Lipinski definition) is 0. The van der Waals surface area contributed by atoms with Crippen LogP contribution in [-0.4, -0.2) is 49.7 Å². The monoisotopic (exact) mass is 397 g/mol. The predicted octanol–water partition coefficient (Wildman–Crippen LogP) is 3.37. The number of carbonyl (C=O) groups excluding carboxylic acids is 2. The van der Waals surface area contributed by atoms with Crippen LogP contribution >= 0.6 is 0 Å². The lowest BCUT2D eigenvalue weighted by atomic mass is 10.1. The second-order valence-electron chi connectivity index (χ2n) is 7.22. The molecule has 0 radical (unpaired) electrons. The maximum Gasteiger partial charge on any atom is 0.338 e. The minimum Gasteiger partial charge on any atom is -0.491 e. The summed E-state index contributed by atoms with van der Waals surface area (Å²) in [6.45, 7) is 3.48. The summed E-state index contributed by atoms with van der Waals surface area (Å²) >= 11 is 0. The standard InChI is InChI=1S/C23H27NO5/c1-17-6-3-4-7-19(17)14-24(2)22(25)16-29-23(26)18-9-11-20(12-10-18)28-15-21-8-5-13-27-21/h3-4,6-7,9-12,21H,5,8,13-16H2,1-2H3. The number of ether oxygens (including phenoxy) is 3. The van der Waals surface area contributed by atoms with E-state index < -0.39 is 5.97 Å². The van der Waals surface area contributed by atoms with Crippen molar-refractivity contribution in [2.75, 3.05) is 26.9 Å². The van der Waals surface area contributed by atoms with Gasteiger partial charge in [-0.15, -0.1) is 0 Å². The summed E-state index contributed by atoms with van der Waals surface area (Å²) in [5.74, 6) is -0.113. The SMILES string of the molecule is Cc1ccccc1CN(C)C(=O)COC(=O)c1ccc(OCC2CCCO2)cc1. The summed E-state index contributed by atoms with van der Waals surface area (Å²) in [7, 11) is 1.70. The van der Waals surface area contributed by atoms with Crippen LogP contribution in [0.25, 0.3) is 0 Å². The fourth-order valence-electron chi connectivity index (χ4n) is 3.10. The van der Waals surface area contributed by atoms with Crippen LogP contribution in [0.1, 0.15) is 34.3 Å². The first kappa shape index (κ1) is 20.9. The minimum absolute atomic E-state index is 0.141. The molecule has 1 fully saturated rings. The summed E-state index contributed by atoms with van der Waals surface area (Å²) in [6, 6.07) is 14.6. The van der Waals surface area contributed by atoms with Crippen molar-refractivity contribution in [3.05, 3.63) is 65.2 Å². The fourth-order valence-corrected chi connectivity index (χ4v) is 3.10. The Balaban J connectivity index is 1.44. The second-order valence-corrected chi connectivity index (χ2v) is 7.22. The van der Waals surface area contributed by atoms with Crippen molar-refractivity contribution in [1.29, 1.82) is 0 Å². The van der Waals surface area contributed by atoms with Crippen molar-refractivity contribution in [1.82, 2.24) is 4.90 Å². The Bertz CT molecular complexity index is 827. The largest absolute Gasteiger partial charge is 0.491 e. The summed E-state index contributed by atoms with van der Waals surface area (Å²) < 4.78 is 16.4. The van der Waals surface area contributed by atoms with Crippen LogP contribution in [0.2, 0.25) is 0 Å². The molecule has 154 valence electrons. The Morgan fingerprint density at radius 1 is 1.14 bits per heavy atom. The number of amides is 1. The Kier molecular flexibility index (Phi) is 7.25. The number of aryl methyl sites for hydroxylation is 1. The van der Waals surface area contributed by atoms with Crippen molar-refractivity contribution in [2.45, 2.75) is 32.4 Å². The van der Waals surface area contributed by atoms with Gasteiger partial charge >= 0.3 is 5.97 Å². The molecule has 0 bridgehead atoms. The normalized spacial score (nSPS) is 15.7. The van der Waals surface area contributed by atoms with Crippen molar-refractivity contribution in [3.63, 3.8) is 0 Å². The predicted molar refractivity (Wildman–Crippen MR) is 109 cm³/mol. The van der Waals surface area contributed by atoms with E-state index in [1.807, 2.05) is 31.2 Å². The molecule has 1 unspecified atom stereocenters. The molecule has 1 atom stereocenters. The van der Waals surface area contributed by atoms with Crippen molar-refractivity contribution in [2.24, 2.45) is 0 Å². The highest BCUT2D eigenvalue weighted by molar-refractivity contribution is 5.91. The van der Waals surface area contributed by atoms with Gasteiger partial charge in [-0.05, 0) is 55.2 Å². The summed E-state index contributed by atoms with van der Waals surface area (Å²) in [4.78, 5) is 26.0. The molecule has 1 aliphatic heterocycles. The van der Waals surface area contributed by atoms with Crippen LogP contribution in [0.15, 0.2) is 48.5 Å². The van der Waals surface area contributed by atoms with Gasteiger partial charge in [0.2, 0.25) is 0 Å². The van der Waals surface area contributed by atoms with Crippen LogP contribution in [0.3, 0.4) is 0 Å². The zero-order valence-corrected chi connectivity index (χ0v) is 16.9. The molecule has 0 aromatic heterocycles. The number of rotatable bonds is 8. The molecule has 0 aliphatic carbocycles. The molecule has 1 amide bonds. The second kappa shape index (κ2) is 10.1. The molecule has 6 heteroatoms. The van der Waals surface area contributed by atoms with E-state index in [1.54, 1.807) is 36.2 Å². The third kappa shape index (κ3) is 6.06. The lowest BCUT2D eigenvalue weighted by molar-refractivity contribution is -0.133. The van der Waals surface area contributed by atoms with Crippen molar-refractivity contribution >= 4 is 11.9 Å². The Morgan fingerprint density at radius 3 is 2.59 bits per heavy atom. The van der Waals surface area contributed by atoms with Gasteiger partial charge < -0.3 is 19.1 Å². The van der Waals surface area contributed by atoms with Crippen LogP contribution in [0.5, 0.6) is 5.75 Å². The van der Waals surface area contributed by atoms with E-state index in [4.69, 9.17) is 14.2 Å². The maximum atomic E-state index is 12.3. The van der Waals surface area contributed by atoms with Crippen LogP contribution in [0.4, 0.5) is 0 Å². The number of hydrogen-bond acceptors (Lipinski definition) is 5. The molecule has 1 heterocycles. The van der Waals surface area contributed by atoms with Gasteiger partial charge in [0.05, 0.1) is 11.7 Å². The Morgan fingerprint density at radius 2 is 1.90 bits per heavy atom. The average molecular weight is 397 g/mol. The summed E-state index contributed by atoms with van der Waals surface area (Å²) in [5, 5.41) is 0. The topological polar surface area (TPSA) is 65.1 Å². The first-order chi connectivity index (χ1) is 14.0. The van der Waals surface area contributed by atoms with Gasteiger partial charge in [-0.1, -0.05) is 24.3 Å². The van der Waals surface area contributed by atoms with E-state index in [9.17, 15) is 9.59 Å². The zero-order chi connectivity index (χ0) is 20.6. The third-order valence-corrected chi connectivity index (χ3v) is 4.97. The van der Waals surface area contributed by atoms with Crippen LogP contribution in [0, 0.1) is 6.92 Å². The molecule has 0 N–H and O–H groups in total. The Labute approximate surface area is 171 Å². The molecule has 0 spiro atoms. The fraction of sp³-hybridized carbons (Fsp3) is 0.391. The Hall–Kier alpha value is -2.86. The van der Waals surface area contributed by atoms with E-state index >= 15 is 0 Å². The van der Waals surface area contributed by atoms with Gasteiger partial charge in [-0.3, -0.25) is 4.79 Å². The van der Waals surface area contributed by atoms with E-state index in [2.05, 4.69) is 0 Å². The number of likely N-dealkylation sites (N-methyl/N-ethyl adjacent to an activating group) is 1. The molecule has 2 aromatic rings. The lowest BCUT2D eigenvalue weighted by Crippen LogP contribution is -2.31. The minimum atomic E-state index is -0.534. The van der Waals surface area contributed by atoms with Crippen LogP contribution < -0.4 is 4.74 Å². The summed E-state index contributed by atoms with van der Waals surface area (Å²) in [6.07, 6.45) is 2.22. The zero-order valence-electron chi connectivity index (χ0n) is 16.9. The highest BCUT2D eigenvalue weighted by Gasteiger charge is 2.17. The molecule has 29 heavy (non-hydrogen) atoms. The highest BCUT2D eigenvalue weighted by atomic mass is 16.5. The van der Waals surface area contributed by atoms with Gasteiger partial charge in [0.15, 0.2) is 6.61 Å². The quantitative estimate of drug-likeness (QED) is 0.639. The average Bonchev–Trinajstić information content (AvgIpc) is 3.26. The molecule has 1 aliphatic rings. The molecule has 3 rings (SSSR count). The van der Waals surface area contributed by atoms with Gasteiger partial charge in [0, 0.05) is 20.2 Å². The molecule has 6 nitrogen and oxygen atoms in total. The first-order valence-electron chi connectivity index (χ1n) is 9.83. The molecular weight excluding hydrogens is 370 g/mol. The van der Waals surface area contributed by atoms with E-state index in [0.717, 1.165) is 30.6 Å². The molecular formula is C23H27NO5. The number of esters is 1. The molecule has 1 saturated heterocycles. The third-order valence-electron chi connectivity index (χ3n) is 4.97. The van der Waals surface area contributed by atoms with Crippen molar-refractivity contribution < 1.29 is 23.8 Å². The van der Waals surface area contributed by atoms with E-state index in [1.165, 1.54) is 0 Å². The van der Waals surface area contributed by atoms with Gasteiger partial charge in [-0.2, -0.15) is 0 Å². The number of nitrogens with zero attached hydrogens (tertiary/aromatic N) is 1. The molecule has 0 saturated carbocycles. The number of benzene rings is 2. The van der Waals surface area contributed by atoms with Gasteiger partial charge in [0.1, 0.15) is 12.4 Å². The van der Waals surface area contributed by atoms with Crippen LogP contribution in [-0.2, 0) is 20.8 Å². The number of carbonyl (C=O) groups is 2. The lowest BCUT2D eigenvalue weighted by Gasteiger charge is -2.18.